The maximum absolute atomic E-state index is 3.44. The van der Waals surface area contributed by atoms with E-state index < -0.39 is 0 Å². The van der Waals surface area contributed by atoms with Crippen LogP contribution in [0.15, 0.2) is 0 Å². The zero-order valence-corrected chi connectivity index (χ0v) is 10.1. The van der Waals surface area contributed by atoms with E-state index >= 15 is 0 Å². The molecule has 0 atom stereocenters. The van der Waals surface area contributed by atoms with Crippen molar-refractivity contribution in [2.75, 3.05) is 26.0 Å². The first-order valence-corrected chi connectivity index (χ1v) is 6.10. The topological polar surface area (TPSA) is 3.24 Å². The van der Waals surface area contributed by atoms with Gasteiger partial charge in [-0.05, 0) is 33.5 Å². The molecule has 0 rings (SSSR count). The summed E-state index contributed by atoms with van der Waals surface area (Å²) in [5.41, 5.74) is 0. The van der Waals surface area contributed by atoms with Gasteiger partial charge >= 0.3 is 0 Å². The summed E-state index contributed by atoms with van der Waals surface area (Å²) in [6, 6.07) is 0. The Morgan fingerprint density at radius 2 is 1.33 bits per heavy atom. The Morgan fingerprint density at radius 1 is 0.833 bits per heavy atom. The van der Waals surface area contributed by atoms with Crippen LogP contribution in [0.3, 0.4) is 0 Å². The second kappa shape index (κ2) is 9.53. The van der Waals surface area contributed by atoms with Crippen molar-refractivity contribution in [3.05, 3.63) is 0 Å². The molecule has 74 valence electrons. The molecule has 0 fully saturated rings. The van der Waals surface area contributed by atoms with Crippen LogP contribution in [0.5, 0.6) is 0 Å². The van der Waals surface area contributed by atoms with Gasteiger partial charge in [0.2, 0.25) is 0 Å². The first-order chi connectivity index (χ1) is 5.77. The summed E-state index contributed by atoms with van der Waals surface area (Å²) in [6.45, 7) is 1.25. The first-order valence-electron chi connectivity index (χ1n) is 4.98. The number of hydrogen-bond acceptors (Lipinski definition) is 1. The van der Waals surface area contributed by atoms with Gasteiger partial charge in [-0.15, -0.1) is 0 Å². The van der Waals surface area contributed by atoms with Gasteiger partial charge in [0.05, 0.1) is 0 Å². The minimum absolute atomic E-state index is 1.17. The van der Waals surface area contributed by atoms with Crippen LogP contribution in [-0.2, 0) is 0 Å². The summed E-state index contributed by atoms with van der Waals surface area (Å²) in [5, 5.41) is 1.17. The highest BCUT2D eigenvalue weighted by molar-refractivity contribution is 9.09. The lowest BCUT2D eigenvalue weighted by molar-refractivity contribution is 0.389. The molecular formula is C10H22BrN. The highest BCUT2D eigenvalue weighted by Crippen LogP contribution is 2.06. The lowest BCUT2D eigenvalue weighted by Gasteiger charge is -2.08. The monoisotopic (exact) mass is 235 g/mol. The largest absolute Gasteiger partial charge is 0.309 e. The SMILES string of the molecule is CN(C)CCCCCCCCBr. The number of halogens is 1. The molecule has 0 aromatic heterocycles. The Hall–Kier alpha value is 0.440. The van der Waals surface area contributed by atoms with Crippen LogP contribution in [0.1, 0.15) is 38.5 Å². The van der Waals surface area contributed by atoms with E-state index in [9.17, 15) is 0 Å². The van der Waals surface area contributed by atoms with Crippen molar-refractivity contribution in [1.82, 2.24) is 4.90 Å². The Balaban J connectivity index is 2.82. The third-order valence-corrected chi connectivity index (χ3v) is 2.55. The number of rotatable bonds is 8. The standard InChI is InChI=1S/C10H22BrN/c1-12(2)10-8-6-4-3-5-7-9-11/h3-10H2,1-2H3. The third-order valence-electron chi connectivity index (χ3n) is 1.99. The first kappa shape index (κ1) is 12.4. The fourth-order valence-corrected chi connectivity index (χ4v) is 1.63. The van der Waals surface area contributed by atoms with Gasteiger partial charge in [0.15, 0.2) is 0 Å². The average Bonchev–Trinajstić information content (AvgIpc) is 2.02. The van der Waals surface area contributed by atoms with E-state index in [2.05, 4.69) is 34.9 Å². The van der Waals surface area contributed by atoms with Gasteiger partial charge in [-0.2, -0.15) is 0 Å². The minimum Gasteiger partial charge on any atom is -0.309 e. The zero-order chi connectivity index (χ0) is 9.23. The molecule has 0 saturated heterocycles. The number of nitrogens with zero attached hydrogens (tertiary/aromatic N) is 1. The third kappa shape index (κ3) is 10.4. The average molecular weight is 236 g/mol. The van der Waals surface area contributed by atoms with E-state index in [1.165, 1.54) is 50.4 Å². The van der Waals surface area contributed by atoms with Crippen molar-refractivity contribution < 1.29 is 0 Å². The highest BCUT2D eigenvalue weighted by atomic mass is 79.9. The van der Waals surface area contributed by atoms with Crippen LogP contribution >= 0.6 is 15.9 Å². The van der Waals surface area contributed by atoms with E-state index in [4.69, 9.17) is 0 Å². The zero-order valence-electron chi connectivity index (χ0n) is 8.48. The highest BCUT2D eigenvalue weighted by Gasteiger charge is 1.91. The Labute approximate surface area is 85.7 Å². The summed E-state index contributed by atoms with van der Waals surface area (Å²) < 4.78 is 0. The van der Waals surface area contributed by atoms with Crippen molar-refractivity contribution in [2.24, 2.45) is 0 Å². The van der Waals surface area contributed by atoms with Crippen LogP contribution < -0.4 is 0 Å². The van der Waals surface area contributed by atoms with Crippen molar-refractivity contribution >= 4 is 15.9 Å². The Bertz CT molecular complexity index is 83.9. The Morgan fingerprint density at radius 3 is 1.83 bits per heavy atom. The maximum Gasteiger partial charge on any atom is 0.00313 e. The molecule has 0 aromatic rings. The van der Waals surface area contributed by atoms with Crippen molar-refractivity contribution in [3.63, 3.8) is 0 Å². The smallest absolute Gasteiger partial charge is 0.00313 e. The Kier molecular flexibility index (Phi) is 9.88. The number of alkyl halides is 1. The fraction of sp³-hybridized carbons (Fsp3) is 1.00. The second-order valence-electron chi connectivity index (χ2n) is 3.61. The minimum atomic E-state index is 1.17. The van der Waals surface area contributed by atoms with Gasteiger partial charge in [0.25, 0.3) is 0 Å². The summed E-state index contributed by atoms with van der Waals surface area (Å²) in [7, 11) is 4.29. The molecule has 0 spiro atoms. The molecular weight excluding hydrogens is 214 g/mol. The summed E-state index contributed by atoms with van der Waals surface area (Å²) in [4.78, 5) is 2.26. The van der Waals surface area contributed by atoms with Crippen molar-refractivity contribution in [3.8, 4) is 0 Å². The molecule has 2 heteroatoms. The van der Waals surface area contributed by atoms with Crippen LogP contribution in [-0.4, -0.2) is 30.9 Å². The molecule has 1 nitrogen and oxygen atoms in total. The van der Waals surface area contributed by atoms with E-state index in [1.807, 2.05) is 0 Å². The lowest BCUT2D eigenvalue weighted by atomic mass is 10.1. The van der Waals surface area contributed by atoms with Gasteiger partial charge in [0, 0.05) is 5.33 Å². The molecule has 0 radical (unpaired) electrons. The van der Waals surface area contributed by atoms with E-state index in [1.54, 1.807) is 0 Å². The number of hydrogen-bond donors (Lipinski definition) is 0. The molecule has 0 bridgehead atoms. The normalized spacial score (nSPS) is 11.0. The van der Waals surface area contributed by atoms with Gasteiger partial charge in [-0.1, -0.05) is 41.6 Å². The predicted octanol–water partition coefficient (Wildman–Crippen LogP) is 3.28. The molecule has 0 aliphatic heterocycles. The van der Waals surface area contributed by atoms with Gasteiger partial charge in [-0.25, -0.2) is 0 Å². The second-order valence-corrected chi connectivity index (χ2v) is 4.41. The molecule has 0 heterocycles. The van der Waals surface area contributed by atoms with Gasteiger partial charge in [0.1, 0.15) is 0 Å². The molecule has 12 heavy (non-hydrogen) atoms. The summed E-state index contributed by atoms with van der Waals surface area (Å²) >= 11 is 3.44. The lowest BCUT2D eigenvalue weighted by Crippen LogP contribution is -2.12. The van der Waals surface area contributed by atoms with Gasteiger partial charge < -0.3 is 4.90 Å². The van der Waals surface area contributed by atoms with Crippen LogP contribution in [0.2, 0.25) is 0 Å². The van der Waals surface area contributed by atoms with E-state index in [0.717, 1.165) is 0 Å². The summed E-state index contributed by atoms with van der Waals surface area (Å²) in [5.74, 6) is 0. The molecule has 0 N–H and O–H groups in total. The van der Waals surface area contributed by atoms with Crippen LogP contribution in [0, 0.1) is 0 Å². The van der Waals surface area contributed by atoms with E-state index in [-0.39, 0.29) is 0 Å². The molecule has 0 aromatic carbocycles. The van der Waals surface area contributed by atoms with Crippen LogP contribution in [0.25, 0.3) is 0 Å². The molecule has 0 saturated carbocycles. The molecule has 0 amide bonds. The van der Waals surface area contributed by atoms with Crippen molar-refractivity contribution in [1.29, 1.82) is 0 Å². The quantitative estimate of drug-likeness (QED) is 0.461. The van der Waals surface area contributed by atoms with Crippen molar-refractivity contribution in [2.45, 2.75) is 38.5 Å². The van der Waals surface area contributed by atoms with E-state index in [0.29, 0.717) is 0 Å². The molecule has 0 unspecified atom stereocenters. The molecule has 0 aliphatic carbocycles. The summed E-state index contributed by atoms with van der Waals surface area (Å²) in [6.07, 6.45) is 8.34. The van der Waals surface area contributed by atoms with Crippen LogP contribution in [0.4, 0.5) is 0 Å². The maximum atomic E-state index is 3.44. The fourth-order valence-electron chi connectivity index (χ4n) is 1.23. The van der Waals surface area contributed by atoms with Gasteiger partial charge in [-0.3, -0.25) is 0 Å². The predicted molar refractivity (Wildman–Crippen MR) is 60.1 cm³/mol. The molecule has 0 aliphatic rings. The number of unbranched alkanes of at least 4 members (excludes halogenated alkanes) is 5.